The van der Waals surface area contributed by atoms with E-state index in [1.54, 1.807) is 18.3 Å². The van der Waals surface area contributed by atoms with Crippen molar-refractivity contribution in [1.82, 2.24) is 4.98 Å². The first-order valence-electron chi connectivity index (χ1n) is 4.29. The van der Waals surface area contributed by atoms with Gasteiger partial charge in [-0.3, -0.25) is 4.98 Å². The molecule has 2 aromatic heterocycles. The summed E-state index contributed by atoms with van der Waals surface area (Å²) in [5, 5.41) is 0. The molecule has 0 bridgehead atoms. The van der Waals surface area contributed by atoms with Gasteiger partial charge in [0.2, 0.25) is 0 Å². The maximum absolute atomic E-state index is 11.3. The Hall–Kier alpha value is -1.20. The lowest BCUT2D eigenvalue weighted by molar-refractivity contribution is 0.604. The molecule has 5 heteroatoms. The third-order valence-corrected chi connectivity index (χ3v) is 4.79. The molecule has 0 amide bonds. The molecule has 78 valence electrons. The van der Waals surface area contributed by atoms with Crippen molar-refractivity contribution in [3.63, 3.8) is 0 Å². The van der Waals surface area contributed by atoms with Crippen LogP contribution in [0, 0.1) is 0 Å². The predicted molar refractivity (Wildman–Crippen MR) is 60.7 cm³/mol. The van der Waals surface area contributed by atoms with Gasteiger partial charge in [-0.05, 0) is 24.3 Å². The topological polar surface area (TPSA) is 47.0 Å². The number of sulfone groups is 1. The van der Waals surface area contributed by atoms with Crippen LogP contribution >= 0.6 is 11.3 Å². The minimum atomic E-state index is -3.10. The number of nitrogens with zero attached hydrogens (tertiary/aromatic N) is 1. The van der Waals surface area contributed by atoms with E-state index >= 15 is 0 Å². The summed E-state index contributed by atoms with van der Waals surface area (Å²) in [6.45, 7) is 0. The molecular weight excluding hydrogens is 230 g/mol. The number of hydrogen-bond acceptors (Lipinski definition) is 4. The van der Waals surface area contributed by atoms with Gasteiger partial charge in [0.15, 0.2) is 9.84 Å². The van der Waals surface area contributed by atoms with Crippen LogP contribution in [0.25, 0.3) is 10.6 Å². The van der Waals surface area contributed by atoms with E-state index in [4.69, 9.17) is 0 Å². The maximum Gasteiger partial charge on any atom is 0.184 e. The van der Waals surface area contributed by atoms with Crippen molar-refractivity contribution in [1.29, 1.82) is 0 Å². The van der Waals surface area contributed by atoms with Crippen LogP contribution in [0.1, 0.15) is 0 Å². The van der Waals surface area contributed by atoms with Gasteiger partial charge in [0.05, 0.1) is 10.6 Å². The highest BCUT2D eigenvalue weighted by Crippen LogP contribution is 2.28. The quantitative estimate of drug-likeness (QED) is 0.807. The van der Waals surface area contributed by atoms with E-state index < -0.39 is 9.84 Å². The highest BCUT2D eigenvalue weighted by atomic mass is 32.2. The van der Waals surface area contributed by atoms with Crippen molar-refractivity contribution in [2.45, 2.75) is 4.21 Å². The Labute approximate surface area is 92.3 Å². The molecule has 15 heavy (non-hydrogen) atoms. The van der Waals surface area contributed by atoms with E-state index in [1.165, 1.54) is 17.6 Å². The Morgan fingerprint density at radius 1 is 1.20 bits per heavy atom. The zero-order chi connectivity index (χ0) is 10.9. The first kappa shape index (κ1) is 10.3. The van der Waals surface area contributed by atoms with Crippen molar-refractivity contribution in [3.8, 4) is 10.6 Å². The zero-order valence-corrected chi connectivity index (χ0v) is 9.68. The lowest BCUT2D eigenvalue weighted by atomic mass is 10.3. The van der Waals surface area contributed by atoms with Crippen molar-refractivity contribution in [3.05, 3.63) is 36.5 Å². The van der Waals surface area contributed by atoms with Gasteiger partial charge in [-0.2, -0.15) is 0 Å². The highest BCUT2D eigenvalue weighted by Gasteiger charge is 2.11. The first-order valence-corrected chi connectivity index (χ1v) is 6.99. The van der Waals surface area contributed by atoms with Gasteiger partial charge in [0, 0.05) is 12.5 Å². The molecule has 0 aliphatic carbocycles. The van der Waals surface area contributed by atoms with Gasteiger partial charge in [0.1, 0.15) is 4.21 Å². The van der Waals surface area contributed by atoms with E-state index in [9.17, 15) is 8.42 Å². The highest BCUT2D eigenvalue weighted by molar-refractivity contribution is 7.92. The fourth-order valence-electron chi connectivity index (χ4n) is 1.17. The fourth-order valence-corrected chi connectivity index (χ4v) is 3.07. The molecule has 0 saturated carbocycles. The molecule has 0 aliphatic rings. The summed E-state index contributed by atoms with van der Waals surface area (Å²) in [7, 11) is -3.10. The number of rotatable bonds is 2. The third-order valence-electron chi connectivity index (χ3n) is 1.86. The molecule has 0 N–H and O–H groups in total. The molecule has 0 saturated heterocycles. The molecule has 0 fully saturated rings. The Morgan fingerprint density at radius 2 is 2.00 bits per heavy atom. The minimum Gasteiger partial charge on any atom is -0.255 e. The van der Waals surface area contributed by atoms with Gasteiger partial charge >= 0.3 is 0 Å². The van der Waals surface area contributed by atoms with E-state index in [2.05, 4.69) is 4.98 Å². The summed E-state index contributed by atoms with van der Waals surface area (Å²) >= 11 is 1.24. The summed E-state index contributed by atoms with van der Waals surface area (Å²) in [5.41, 5.74) is 0.803. The van der Waals surface area contributed by atoms with Crippen molar-refractivity contribution in [2.75, 3.05) is 6.26 Å². The Morgan fingerprint density at radius 3 is 2.53 bits per heavy atom. The summed E-state index contributed by atoms with van der Waals surface area (Å²) in [5.74, 6) is 0. The number of hydrogen-bond donors (Lipinski definition) is 0. The van der Waals surface area contributed by atoms with Crippen LogP contribution in [0.5, 0.6) is 0 Å². The molecule has 0 aliphatic heterocycles. The van der Waals surface area contributed by atoms with Crippen LogP contribution in [0.4, 0.5) is 0 Å². The predicted octanol–water partition coefficient (Wildman–Crippen LogP) is 2.21. The summed E-state index contributed by atoms with van der Waals surface area (Å²) in [6, 6.07) is 8.96. The number of pyridine rings is 1. The van der Waals surface area contributed by atoms with Crippen LogP contribution in [-0.2, 0) is 9.84 Å². The zero-order valence-electron chi connectivity index (χ0n) is 8.04. The van der Waals surface area contributed by atoms with Gasteiger partial charge in [-0.25, -0.2) is 8.42 Å². The molecule has 0 aromatic carbocycles. The molecule has 0 atom stereocenters. The smallest absolute Gasteiger partial charge is 0.184 e. The normalized spacial score (nSPS) is 11.5. The SMILES string of the molecule is CS(=O)(=O)c1ccc(-c2ccccn2)s1. The van der Waals surface area contributed by atoms with Gasteiger partial charge in [-0.1, -0.05) is 6.07 Å². The Kier molecular flexibility index (Phi) is 2.58. The molecule has 0 radical (unpaired) electrons. The second-order valence-electron chi connectivity index (χ2n) is 3.11. The van der Waals surface area contributed by atoms with Crippen molar-refractivity contribution in [2.24, 2.45) is 0 Å². The second kappa shape index (κ2) is 3.75. The molecule has 2 rings (SSSR count). The Bertz CT molecular complexity index is 558. The van der Waals surface area contributed by atoms with Gasteiger partial charge < -0.3 is 0 Å². The monoisotopic (exact) mass is 239 g/mol. The van der Waals surface area contributed by atoms with Crippen molar-refractivity contribution < 1.29 is 8.42 Å². The second-order valence-corrected chi connectivity index (χ2v) is 6.43. The number of aromatic nitrogens is 1. The van der Waals surface area contributed by atoms with Crippen LogP contribution < -0.4 is 0 Å². The van der Waals surface area contributed by atoms with E-state index in [1.807, 2.05) is 18.2 Å². The standard InChI is InChI=1S/C10H9NO2S2/c1-15(12,13)10-6-5-9(14-10)8-4-2-3-7-11-8/h2-7H,1H3. The Balaban J connectivity index is 2.46. The average Bonchev–Trinajstić information content (AvgIpc) is 2.67. The van der Waals surface area contributed by atoms with Crippen LogP contribution in [-0.4, -0.2) is 19.7 Å². The molecular formula is C10H9NO2S2. The lowest BCUT2D eigenvalue weighted by Gasteiger charge is -1.93. The van der Waals surface area contributed by atoms with E-state index in [0.29, 0.717) is 4.21 Å². The first-order chi connectivity index (χ1) is 7.07. The van der Waals surface area contributed by atoms with Gasteiger partial charge in [-0.15, -0.1) is 11.3 Å². The van der Waals surface area contributed by atoms with Crippen LogP contribution in [0.2, 0.25) is 0 Å². The van der Waals surface area contributed by atoms with Crippen LogP contribution in [0.15, 0.2) is 40.7 Å². The molecule has 0 unspecified atom stereocenters. The molecule has 0 spiro atoms. The molecule has 2 heterocycles. The molecule has 2 aromatic rings. The summed E-state index contributed by atoms with van der Waals surface area (Å²) in [6.07, 6.45) is 2.90. The lowest BCUT2D eigenvalue weighted by Crippen LogP contribution is -1.91. The van der Waals surface area contributed by atoms with Gasteiger partial charge in [0.25, 0.3) is 0 Å². The van der Waals surface area contributed by atoms with Crippen molar-refractivity contribution >= 4 is 21.2 Å². The summed E-state index contributed by atoms with van der Waals surface area (Å²) < 4.78 is 22.9. The third kappa shape index (κ3) is 2.24. The van der Waals surface area contributed by atoms with E-state index in [0.717, 1.165) is 10.6 Å². The molecule has 3 nitrogen and oxygen atoms in total. The van der Waals surface area contributed by atoms with Crippen LogP contribution in [0.3, 0.4) is 0 Å². The minimum absolute atomic E-state index is 0.378. The average molecular weight is 239 g/mol. The summed E-state index contributed by atoms with van der Waals surface area (Å²) in [4.78, 5) is 5.03. The largest absolute Gasteiger partial charge is 0.255 e. The van der Waals surface area contributed by atoms with E-state index in [-0.39, 0.29) is 0 Å². The fraction of sp³-hybridized carbons (Fsp3) is 0.100. The number of thiophene rings is 1. The maximum atomic E-state index is 11.3.